The third-order valence-electron chi connectivity index (χ3n) is 2.94. The molecular formula is C14H14BrN5O. The summed E-state index contributed by atoms with van der Waals surface area (Å²) < 4.78 is 2.08. The molecule has 1 aromatic heterocycles. The molecule has 1 aromatic carbocycles. The molecule has 0 saturated heterocycles. The molecule has 0 unspecified atom stereocenters. The van der Waals surface area contributed by atoms with E-state index >= 15 is 0 Å². The maximum Gasteiger partial charge on any atom is 0.317 e. The van der Waals surface area contributed by atoms with E-state index in [1.54, 1.807) is 18.5 Å². The first-order chi connectivity index (χ1) is 9.86. The van der Waals surface area contributed by atoms with Crippen molar-refractivity contribution in [3.05, 3.63) is 40.5 Å². The van der Waals surface area contributed by atoms with Gasteiger partial charge in [-0.2, -0.15) is 10.4 Å². The molecule has 0 radical (unpaired) electrons. The Hall–Kier alpha value is -2.33. The average molecular weight is 348 g/mol. The van der Waals surface area contributed by atoms with Crippen LogP contribution >= 0.6 is 15.9 Å². The van der Waals surface area contributed by atoms with Crippen molar-refractivity contribution in [2.75, 3.05) is 5.32 Å². The number of anilines is 1. The number of para-hydroxylation sites is 1. The van der Waals surface area contributed by atoms with Gasteiger partial charge in [-0.25, -0.2) is 9.48 Å². The SMILES string of the molecule is CC(C)(C#N)c1nn(-c2ccccc2)c(NC(N)=O)c1Br. The van der Waals surface area contributed by atoms with Gasteiger partial charge in [-0.05, 0) is 41.9 Å². The maximum absolute atomic E-state index is 11.2. The topological polar surface area (TPSA) is 96.7 Å². The van der Waals surface area contributed by atoms with Crippen LogP contribution in [0.2, 0.25) is 0 Å². The third-order valence-corrected chi connectivity index (χ3v) is 3.69. The number of nitrogens with zero attached hydrogens (tertiary/aromatic N) is 3. The number of carbonyl (C=O) groups is 1. The maximum atomic E-state index is 11.2. The molecule has 0 aliphatic carbocycles. The zero-order chi connectivity index (χ0) is 15.6. The van der Waals surface area contributed by atoms with Gasteiger partial charge in [0.25, 0.3) is 0 Å². The van der Waals surface area contributed by atoms with E-state index in [4.69, 9.17) is 5.73 Å². The van der Waals surface area contributed by atoms with E-state index in [0.29, 0.717) is 16.0 Å². The Morgan fingerprint density at radius 3 is 2.57 bits per heavy atom. The summed E-state index contributed by atoms with van der Waals surface area (Å²) in [7, 11) is 0. The van der Waals surface area contributed by atoms with Crippen molar-refractivity contribution in [3.63, 3.8) is 0 Å². The molecule has 21 heavy (non-hydrogen) atoms. The van der Waals surface area contributed by atoms with Gasteiger partial charge in [-0.3, -0.25) is 5.32 Å². The summed E-state index contributed by atoms with van der Waals surface area (Å²) in [5.74, 6) is 0.395. The van der Waals surface area contributed by atoms with Gasteiger partial charge in [0.15, 0.2) is 5.82 Å². The van der Waals surface area contributed by atoms with Crippen molar-refractivity contribution in [1.29, 1.82) is 5.26 Å². The molecule has 2 aromatic rings. The Morgan fingerprint density at radius 2 is 2.05 bits per heavy atom. The van der Waals surface area contributed by atoms with Crippen LogP contribution in [0.1, 0.15) is 19.5 Å². The van der Waals surface area contributed by atoms with Crippen LogP contribution in [0.15, 0.2) is 34.8 Å². The van der Waals surface area contributed by atoms with Gasteiger partial charge in [0.05, 0.1) is 27.3 Å². The number of benzene rings is 1. The second kappa shape index (κ2) is 5.58. The second-order valence-corrected chi connectivity index (χ2v) is 5.78. The number of amides is 2. The molecule has 7 heteroatoms. The number of urea groups is 1. The predicted octanol–water partition coefficient (Wildman–Crippen LogP) is 2.93. The highest BCUT2D eigenvalue weighted by Gasteiger charge is 2.30. The van der Waals surface area contributed by atoms with Crippen LogP contribution in [0, 0.1) is 11.3 Å². The molecule has 6 nitrogen and oxygen atoms in total. The quantitative estimate of drug-likeness (QED) is 0.892. The largest absolute Gasteiger partial charge is 0.351 e. The molecule has 2 rings (SSSR count). The summed E-state index contributed by atoms with van der Waals surface area (Å²) in [6, 6.07) is 10.8. The minimum Gasteiger partial charge on any atom is -0.351 e. The Balaban J connectivity index is 2.67. The first-order valence-corrected chi connectivity index (χ1v) is 6.98. The summed E-state index contributed by atoms with van der Waals surface area (Å²) in [4.78, 5) is 11.2. The monoisotopic (exact) mass is 347 g/mol. The van der Waals surface area contributed by atoms with E-state index in [0.717, 1.165) is 5.69 Å². The third kappa shape index (κ3) is 2.90. The number of nitriles is 1. The van der Waals surface area contributed by atoms with Crippen LogP contribution in [-0.2, 0) is 5.41 Å². The van der Waals surface area contributed by atoms with Gasteiger partial charge in [0.1, 0.15) is 0 Å². The standard InChI is InChI=1S/C14H14BrN5O/c1-14(2,8-16)11-10(15)12(18-13(17)21)20(19-11)9-6-4-3-5-7-9/h3-7H,1-2H3,(H3,17,18,21). The molecule has 0 aliphatic rings. The van der Waals surface area contributed by atoms with Crippen LogP contribution in [0.25, 0.3) is 5.69 Å². The van der Waals surface area contributed by atoms with Crippen LogP contribution in [0.3, 0.4) is 0 Å². The van der Waals surface area contributed by atoms with Crippen molar-refractivity contribution in [2.24, 2.45) is 5.73 Å². The van der Waals surface area contributed by atoms with E-state index in [9.17, 15) is 10.1 Å². The van der Waals surface area contributed by atoms with Crippen molar-refractivity contribution in [2.45, 2.75) is 19.3 Å². The summed E-state index contributed by atoms with van der Waals surface area (Å²) in [5, 5.41) is 16.3. The first-order valence-electron chi connectivity index (χ1n) is 6.19. The number of nitrogens with one attached hydrogen (secondary N) is 1. The van der Waals surface area contributed by atoms with Gasteiger partial charge >= 0.3 is 6.03 Å². The zero-order valence-corrected chi connectivity index (χ0v) is 13.2. The van der Waals surface area contributed by atoms with Gasteiger partial charge in [0.2, 0.25) is 0 Å². The van der Waals surface area contributed by atoms with E-state index < -0.39 is 11.4 Å². The minimum absolute atomic E-state index is 0.395. The van der Waals surface area contributed by atoms with Crippen LogP contribution in [0.4, 0.5) is 10.6 Å². The molecule has 0 atom stereocenters. The van der Waals surface area contributed by atoms with E-state index in [-0.39, 0.29) is 0 Å². The lowest BCUT2D eigenvalue weighted by Crippen LogP contribution is -2.21. The molecule has 2 amide bonds. The highest BCUT2D eigenvalue weighted by atomic mass is 79.9. The van der Waals surface area contributed by atoms with Crippen molar-refractivity contribution >= 4 is 27.8 Å². The fraction of sp³-hybridized carbons (Fsp3) is 0.214. The molecule has 0 aliphatic heterocycles. The zero-order valence-electron chi connectivity index (χ0n) is 11.6. The van der Waals surface area contributed by atoms with Gasteiger partial charge < -0.3 is 5.73 Å². The molecular weight excluding hydrogens is 334 g/mol. The summed E-state index contributed by atoms with van der Waals surface area (Å²) in [5.41, 5.74) is 5.68. The number of halogens is 1. The van der Waals surface area contributed by atoms with Crippen LogP contribution in [0.5, 0.6) is 0 Å². The number of hydrogen-bond acceptors (Lipinski definition) is 3. The smallest absolute Gasteiger partial charge is 0.317 e. The average Bonchev–Trinajstić information content (AvgIpc) is 2.77. The van der Waals surface area contributed by atoms with E-state index in [1.165, 1.54) is 0 Å². The summed E-state index contributed by atoms with van der Waals surface area (Å²) in [6.07, 6.45) is 0. The molecule has 1 heterocycles. The molecule has 108 valence electrons. The number of primary amides is 1. The molecule has 0 bridgehead atoms. The lowest BCUT2D eigenvalue weighted by atomic mass is 9.92. The first kappa shape index (κ1) is 15.1. The lowest BCUT2D eigenvalue weighted by Gasteiger charge is -2.11. The number of carbonyl (C=O) groups excluding carboxylic acids is 1. The summed E-state index contributed by atoms with van der Waals surface area (Å²) >= 11 is 3.40. The lowest BCUT2D eigenvalue weighted by molar-refractivity contribution is 0.259. The molecule has 0 saturated carbocycles. The van der Waals surface area contributed by atoms with Gasteiger partial charge in [0, 0.05) is 0 Å². The van der Waals surface area contributed by atoms with Gasteiger partial charge in [-0.1, -0.05) is 18.2 Å². The fourth-order valence-electron chi connectivity index (χ4n) is 1.83. The van der Waals surface area contributed by atoms with Crippen LogP contribution in [-0.4, -0.2) is 15.8 Å². The Kier molecular flexibility index (Phi) is 4.00. The fourth-order valence-corrected chi connectivity index (χ4v) is 2.67. The highest BCUT2D eigenvalue weighted by Crippen LogP contribution is 2.35. The van der Waals surface area contributed by atoms with Crippen molar-refractivity contribution in [1.82, 2.24) is 9.78 Å². The molecule has 0 spiro atoms. The number of rotatable bonds is 3. The predicted molar refractivity (Wildman–Crippen MR) is 83.1 cm³/mol. The number of aromatic nitrogens is 2. The highest BCUT2D eigenvalue weighted by molar-refractivity contribution is 9.10. The number of hydrogen-bond donors (Lipinski definition) is 2. The second-order valence-electron chi connectivity index (χ2n) is 4.98. The normalized spacial score (nSPS) is 11.0. The van der Waals surface area contributed by atoms with E-state index in [1.807, 2.05) is 30.3 Å². The molecule has 0 fully saturated rings. The van der Waals surface area contributed by atoms with Crippen molar-refractivity contribution in [3.8, 4) is 11.8 Å². The van der Waals surface area contributed by atoms with Crippen LogP contribution < -0.4 is 11.1 Å². The Morgan fingerprint density at radius 1 is 1.43 bits per heavy atom. The Bertz CT molecular complexity index is 715. The number of nitrogens with two attached hydrogens (primary N) is 1. The summed E-state index contributed by atoms with van der Waals surface area (Å²) in [6.45, 7) is 3.51. The molecule has 3 N–H and O–H groups in total. The van der Waals surface area contributed by atoms with Crippen molar-refractivity contribution < 1.29 is 4.79 Å². The van der Waals surface area contributed by atoms with E-state index in [2.05, 4.69) is 32.4 Å². The Labute approximate surface area is 130 Å². The minimum atomic E-state index is -0.813. The van der Waals surface area contributed by atoms with Gasteiger partial charge in [-0.15, -0.1) is 0 Å².